The number of nitrogens with zero attached hydrogens (tertiary/aromatic N) is 1. The predicted molar refractivity (Wildman–Crippen MR) is 103 cm³/mol. The zero-order valence-electron chi connectivity index (χ0n) is 15.4. The first kappa shape index (κ1) is 19.6. The van der Waals surface area contributed by atoms with Crippen LogP contribution in [0.4, 0.5) is 5.13 Å². The van der Waals surface area contributed by atoms with Gasteiger partial charge in [-0.15, -0.1) is 11.3 Å². The van der Waals surface area contributed by atoms with Crippen molar-refractivity contribution < 1.29 is 18.7 Å². The van der Waals surface area contributed by atoms with Gasteiger partial charge in [-0.2, -0.15) is 0 Å². The molecule has 1 saturated carbocycles. The Bertz CT molecular complexity index is 744. The summed E-state index contributed by atoms with van der Waals surface area (Å²) in [4.78, 5) is 28.2. The molecule has 0 aliphatic heterocycles. The topological polar surface area (TPSA) is 93.5 Å². The van der Waals surface area contributed by atoms with Crippen molar-refractivity contribution in [2.24, 2.45) is 5.92 Å². The van der Waals surface area contributed by atoms with Crippen molar-refractivity contribution in [1.29, 1.82) is 0 Å². The first-order chi connectivity index (χ1) is 13.1. The van der Waals surface area contributed by atoms with E-state index in [1.807, 2.05) is 0 Å². The summed E-state index contributed by atoms with van der Waals surface area (Å²) < 4.78 is 10.9. The molecule has 0 saturated heterocycles. The molecule has 1 fully saturated rings. The van der Waals surface area contributed by atoms with Crippen LogP contribution in [0.5, 0.6) is 0 Å². The van der Waals surface area contributed by atoms with E-state index >= 15 is 0 Å². The second-order valence-electron chi connectivity index (χ2n) is 6.77. The number of amides is 2. The molecule has 0 radical (unpaired) electrons. The number of furan rings is 1. The summed E-state index contributed by atoms with van der Waals surface area (Å²) in [6, 6.07) is 3.22. The van der Waals surface area contributed by atoms with Crippen LogP contribution >= 0.6 is 11.3 Å². The van der Waals surface area contributed by atoms with Crippen molar-refractivity contribution in [2.45, 2.75) is 45.1 Å². The number of anilines is 1. The van der Waals surface area contributed by atoms with Crippen LogP contribution < -0.4 is 10.6 Å². The number of carbonyl (C=O) groups excluding carboxylic acids is 2. The molecular weight excluding hydrogens is 366 g/mol. The average Bonchev–Trinajstić information content (AvgIpc) is 3.32. The lowest BCUT2D eigenvalue weighted by atomic mass is 9.88. The van der Waals surface area contributed by atoms with Crippen LogP contribution in [-0.2, 0) is 16.0 Å². The Morgan fingerprint density at radius 1 is 1.37 bits per heavy atom. The van der Waals surface area contributed by atoms with Crippen LogP contribution in [0.25, 0.3) is 0 Å². The van der Waals surface area contributed by atoms with Crippen LogP contribution in [0.15, 0.2) is 28.2 Å². The predicted octanol–water partition coefficient (Wildman–Crippen LogP) is 3.24. The van der Waals surface area contributed by atoms with Gasteiger partial charge in [-0.05, 0) is 30.9 Å². The van der Waals surface area contributed by atoms with E-state index in [0.29, 0.717) is 36.0 Å². The lowest BCUT2D eigenvalue weighted by molar-refractivity contribution is -0.121. The summed E-state index contributed by atoms with van der Waals surface area (Å²) in [7, 11) is 0. The number of hydrogen-bond acceptors (Lipinski definition) is 6. The molecule has 0 bridgehead atoms. The summed E-state index contributed by atoms with van der Waals surface area (Å²) in [5.74, 6) is 0.347. The maximum absolute atomic E-state index is 12.0. The van der Waals surface area contributed by atoms with E-state index < -0.39 is 0 Å². The fourth-order valence-corrected chi connectivity index (χ4v) is 3.87. The lowest BCUT2D eigenvalue weighted by Gasteiger charge is -2.28. The van der Waals surface area contributed by atoms with Crippen molar-refractivity contribution in [3.8, 4) is 0 Å². The van der Waals surface area contributed by atoms with Gasteiger partial charge >= 0.3 is 0 Å². The van der Waals surface area contributed by atoms with E-state index in [1.54, 1.807) is 17.5 Å². The average molecular weight is 391 g/mol. The van der Waals surface area contributed by atoms with Crippen molar-refractivity contribution in [3.63, 3.8) is 0 Å². The van der Waals surface area contributed by atoms with Crippen LogP contribution in [0.3, 0.4) is 0 Å². The van der Waals surface area contributed by atoms with E-state index in [2.05, 4.69) is 22.5 Å². The van der Waals surface area contributed by atoms with Crippen molar-refractivity contribution >= 4 is 28.3 Å². The smallest absolute Gasteiger partial charge is 0.293 e. The highest BCUT2D eigenvalue weighted by molar-refractivity contribution is 7.14. The van der Waals surface area contributed by atoms with E-state index in [0.717, 1.165) is 6.42 Å². The molecule has 27 heavy (non-hydrogen) atoms. The largest absolute Gasteiger partial charge is 0.459 e. The fourth-order valence-electron chi connectivity index (χ4n) is 3.17. The molecule has 146 valence electrons. The van der Waals surface area contributed by atoms with Crippen LogP contribution in [0.2, 0.25) is 0 Å². The Hall–Kier alpha value is -2.19. The van der Waals surface area contributed by atoms with Gasteiger partial charge < -0.3 is 14.5 Å². The third-order valence-corrected chi connectivity index (χ3v) is 5.45. The minimum absolute atomic E-state index is 0.107. The molecule has 1 aliphatic rings. The molecule has 2 amide bonds. The number of thiazole rings is 1. The maximum atomic E-state index is 12.0. The van der Waals surface area contributed by atoms with Gasteiger partial charge in [0.05, 0.1) is 31.1 Å². The number of ether oxygens (including phenoxy) is 1. The molecule has 2 heterocycles. The molecule has 0 aromatic carbocycles. The highest BCUT2D eigenvalue weighted by atomic mass is 32.1. The molecule has 2 aromatic heterocycles. The second-order valence-corrected chi connectivity index (χ2v) is 7.63. The Morgan fingerprint density at radius 2 is 2.22 bits per heavy atom. The number of rotatable bonds is 8. The molecule has 0 unspecified atom stereocenters. The standard InChI is InChI=1S/C19H25N3O4S/c1-13-5-2-3-6-15(13)26-10-8-20-17(23)11-14-12-27-19(21-14)22-18(24)16-7-4-9-25-16/h4,7,9,12-13,15H,2-3,5-6,8,10-11H2,1H3,(H,20,23)(H,21,22,24)/t13-,15+/m0/s1. The Balaban J connectivity index is 1.36. The summed E-state index contributed by atoms with van der Waals surface area (Å²) in [5, 5.41) is 7.71. The van der Waals surface area contributed by atoms with Crippen LogP contribution in [-0.4, -0.2) is 36.1 Å². The molecule has 2 N–H and O–H groups in total. The molecule has 3 rings (SSSR count). The van der Waals surface area contributed by atoms with E-state index in [9.17, 15) is 9.59 Å². The molecule has 2 aromatic rings. The van der Waals surface area contributed by atoms with Crippen molar-refractivity contribution in [2.75, 3.05) is 18.5 Å². The van der Waals surface area contributed by atoms with Crippen molar-refractivity contribution in [1.82, 2.24) is 10.3 Å². The Labute approximate surface area is 162 Å². The van der Waals surface area contributed by atoms with E-state index in [-0.39, 0.29) is 24.0 Å². The third-order valence-electron chi connectivity index (χ3n) is 4.65. The van der Waals surface area contributed by atoms with Gasteiger partial charge in [-0.3, -0.25) is 14.9 Å². The van der Waals surface area contributed by atoms with Gasteiger partial charge in [0.15, 0.2) is 10.9 Å². The van der Waals surface area contributed by atoms with Gasteiger partial charge in [0.25, 0.3) is 5.91 Å². The van der Waals surface area contributed by atoms with Crippen LogP contribution in [0, 0.1) is 5.92 Å². The van der Waals surface area contributed by atoms with Gasteiger partial charge in [0.2, 0.25) is 5.91 Å². The molecular formula is C19H25N3O4S. The monoisotopic (exact) mass is 391 g/mol. The number of aromatic nitrogens is 1. The normalized spacial score (nSPS) is 19.6. The van der Waals surface area contributed by atoms with Crippen molar-refractivity contribution in [3.05, 3.63) is 35.2 Å². The SMILES string of the molecule is C[C@H]1CCCC[C@H]1OCCNC(=O)Cc1csc(NC(=O)c2ccco2)n1. The maximum Gasteiger partial charge on any atom is 0.293 e. The minimum atomic E-state index is -0.362. The molecule has 1 aliphatic carbocycles. The van der Waals surface area contributed by atoms with Gasteiger partial charge in [-0.25, -0.2) is 4.98 Å². The zero-order valence-corrected chi connectivity index (χ0v) is 16.2. The molecule has 7 nitrogen and oxygen atoms in total. The third kappa shape index (κ3) is 5.90. The first-order valence-electron chi connectivity index (χ1n) is 9.29. The highest BCUT2D eigenvalue weighted by Crippen LogP contribution is 2.26. The van der Waals surface area contributed by atoms with Gasteiger partial charge in [0.1, 0.15) is 0 Å². The molecule has 0 spiro atoms. The second kappa shape index (κ2) is 9.66. The van der Waals surface area contributed by atoms with E-state index in [4.69, 9.17) is 9.15 Å². The van der Waals surface area contributed by atoms with E-state index in [1.165, 1.54) is 36.9 Å². The van der Waals surface area contributed by atoms with Gasteiger partial charge in [-0.1, -0.05) is 19.8 Å². The number of carbonyl (C=O) groups is 2. The lowest BCUT2D eigenvalue weighted by Crippen LogP contribution is -2.32. The van der Waals surface area contributed by atoms with Crippen LogP contribution in [0.1, 0.15) is 48.9 Å². The number of hydrogen-bond donors (Lipinski definition) is 2. The highest BCUT2D eigenvalue weighted by Gasteiger charge is 2.21. The first-order valence-corrected chi connectivity index (χ1v) is 10.2. The molecule has 2 atom stereocenters. The quantitative estimate of drug-likeness (QED) is 0.674. The summed E-state index contributed by atoms with van der Waals surface area (Å²) >= 11 is 1.28. The molecule has 8 heteroatoms. The Morgan fingerprint density at radius 3 is 3.00 bits per heavy atom. The Kier molecular flexibility index (Phi) is 7.00. The number of nitrogens with one attached hydrogen (secondary N) is 2. The zero-order chi connectivity index (χ0) is 19.1. The van der Waals surface area contributed by atoms with Gasteiger partial charge in [0, 0.05) is 11.9 Å². The minimum Gasteiger partial charge on any atom is -0.459 e. The fraction of sp³-hybridized carbons (Fsp3) is 0.526. The summed E-state index contributed by atoms with van der Waals surface area (Å²) in [5.41, 5.74) is 0.620. The summed E-state index contributed by atoms with van der Waals surface area (Å²) in [6.07, 6.45) is 6.77. The summed E-state index contributed by atoms with van der Waals surface area (Å²) in [6.45, 7) is 3.25.